The Labute approximate surface area is 179 Å². The van der Waals surface area contributed by atoms with Crippen LogP contribution in [0.1, 0.15) is 43.4 Å². The summed E-state index contributed by atoms with van der Waals surface area (Å²) in [6, 6.07) is -0.128. The van der Waals surface area contributed by atoms with E-state index in [9.17, 15) is 4.79 Å². The van der Waals surface area contributed by atoms with Gasteiger partial charge < -0.3 is 14.6 Å². The van der Waals surface area contributed by atoms with Gasteiger partial charge in [-0.05, 0) is 33.5 Å². The maximum atomic E-state index is 15.4. The van der Waals surface area contributed by atoms with Crippen molar-refractivity contribution in [2.45, 2.75) is 39.2 Å². The van der Waals surface area contributed by atoms with Gasteiger partial charge in [-0.2, -0.15) is 5.10 Å². The van der Waals surface area contributed by atoms with Gasteiger partial charge in [0.25, 0.3) is 0 Å². The molecule has 1 saturated carbocycles. The maximum absolute atomic E-state index is 15.4. The number of halogens is 1. The second kappa shape index (κ2) is 8.43. The molecule has 0 radical (unpaired) electrons. The van der Waals surface area contributed by atoms with Gasteiger partial charge in [-0.1, -0.05) is 19.3 Å². The van der Waals surface area contributed by atoms with Crippen molar-refractivity contribution in [2.75, 3.05) is 19.4 Å². The van der Waals surface area contributed by atoms with Crippen LogP contribution in [0, 0.1) is 12.7 Å². The van der Waals surface area contributed by atoms with E-state index < -0.39 is 0 Å². The Hall–Kier alpha value is -3.33. The summed E-state index contributed by atoms with van der Waals surface area (Å²) in [5.41, 5.74) is 3.60. The molecule has 0 saturated heterocycles. The van der Waals surface area contributed by atoms with E-state index in [1.54, 1.807) is 36.1 Å². The minimum absolute atomic E-state index is 0.128. The summed E-state index contributed by atoms with van der Waals surface area (Å²) >= 11 is 0. The number of aromatic amines is 1. The highest BCUT2D eigenvalue weighted by atomic mass is 19.1. The molecule has 0 aliphatic heterocycles. The fraction of sp³-hybridized carbons (Fsp3) is 0.364. The molecule has 1 aliphatic rings. The molecule has 1 fully saturated rings. The van der Waals surface area contributed by atoms with Gasteiger partial charge in [-0.15, -0.1) is 0 Å². The van der Waals surface area contributed by atoms with Crippen molar-refractivity contribution < 1.29 is 9.18 Å². The molecular formula is C22H26FN7O. The van der Waals surface area contributed by atoms with Crippen molar-refractivity contribution in [1.29, 1.82) is 0 Å². The number of carbonyl (C=O) groups is 1. The van der Waals surface area contributed by atoms with E-state index in [1.807, 2.05) is 25.9 Å². The highest BCUT2D eigenvalue weighted by Gasteiger charge is 2.24. The largest absolute Gasteiger partial charge is 0.312 e. The molecule has 0 spiro atoms. The lowest BCUT2D eigenvalue weighted by Crippen LogP contribution is -2.19. The third-order valence-corrected chi connectivity index (χ3v) is 5.47. The smallest absolute Gasteiger partial charge is 0.212 e. The molecule has 1 unspecified atom stereocenters. The first kappa shape index (κ1) is 20.9. The number of hydrogen-bond donors (Lipinski definition) is 2. The van der Waals surface area contributed by atoms with E-state index in [0.29, 0.717) is 45.8 Å². The molecule has 3 aromatic heterocycles. The van der Waals surface area contributed by atoms with Crippen LogP contribution in [0.4, 0.5) is 10.2 Å². The molecule has 1 aromatic carbocycles. The number of carbonyl (C=O) groups excluding carboxylic acids is 1. The SMILES string of the molecule is C1CC1.Cc1c(F)c(C(C)N(C)C)c2[nH]ncc2c1-c1cn2cc(NC=O)nc2cn1. The van der Waals surface area contributed by atoms with Crippen molar-refractivity contribution in [3.63, 3.8) is 0 Å². The molecule has 8 nitrogen and oxygen atoms in total. The zero-order chi connectivity index (χ0) is 22.1. The molecule has 1 atom stereocenters. The number of benzene rings is 1. The number of amides is 1. The highest BCUT2D eigenvalue weighted by Crippen LogP contribution is 2.38. The van der Waals surface area contributed by atoms with Crippen LogP contribution in [-0.4, -0.2) is 50.0 Å². The maximum Gasteiger partial charge on any atom is 0.212 e. The Balaban J connectivity index is 0.000000710. The van der Waals surface area contributed by atoms with Gasteiger partial charge >= 0.3 is 0 Å². The zero-order valence-electron chi connectivity index (χ0n) is 18.1. The van der Waals surface area contributed by atoms with Gasteiger partial charge in [0.05, 0.1) is 29.8 Å². The molecule has 4 aromatic rings. The Morgan fingerprint density at radius 1 is 1.26 bits per heavy atom. The van der Waals surface area contributed by atoms with Gasteiger partial charge in [0, 0.05) is 28.8 Å². The minimum atomic E-state index is -0.274. The summed E-state index contributed by atoms with van der Waals surface area (Å²) in [7, 11) is 3.82. The molecule has 1 aliphatic carbocycles. The van der Waals surface area contributed by atoms with E-state index >= 15 is 4.39 Å². The number of hydrogen-bond acceptors (Lipinski definition) is 5. The lowest BCUT2D eigenvalue weighted by Gasteiger charge is -2.23. The third-order valence-electron chi connectivity index (χ3n) is 5.47. The van der Waals surface area contributed by atoms with Crippen molar-refractivity contribution >= 4 is 28.8 Å². The van der Waals surface area contributed by atoms with Crippen molar-refractivity contribution in [3.8, 4) is 11.3 Å². The molecule has 1 amide bonds. The number of anilines is 1. The van der Waals surface area contributed by atoms with Crippen LogP contribution in [0.3, 0.4) is 0 Å². The van der Waals surface area contributed by atoms with Gasteiger partial charge in [0.1, 0.15) is 5.82 Å². The second-order valence-corrected chi connectivity index (χ2v) is 8.01. The first-order valence-electron chi connectivity index (χ1n) is 10.3. The van der Waals surface area contributed by atoms with Crippen LogP contribution >= 0.6 is 0 Å². The molecule has 31 heavy (non-hydrogen) atoms. The Kier molecular flexibility index (Phi) is 5.69. The summed E-state index contributed by atoms with van der Waals surface area (Å²) < 4.78 is 17.2. The van der Waals surface area contributed by atoms with Crippen molar-refractivity contribution in [1.82, 2.24) is 29.5 Å². The van der Waals surface area contributed by atoms with Crippen molar-refractivity contribution in [3.05, 3.63) is 41.7 Å². The van der Waals surface area contributed by atoms with Crippen LogP contribution in [-0.2, 0) is 4.79 Å². The number of rotatable bonds is 5. The number of nitrogens with zero attached hydrogens (tertiary/aromatic N) is 5. The number of fused-ring (bicyclic) bond motifs is 2. The van der Waals surface area contributed by atoms with E-state index in [1.165, 1.54) is 19.3 Å². The zero-order valence-corrected chi connectivity index (χ0v) is 18.1. The van der Waals surface area contributed by atoms with Gasteiger partial charge in [-0.3, -0.25) is 14.9 Å². The van der Waals surface area contributed by atoms with Crippen LogP contribution in [0.5, 0.6) is 0 Å². The van der Waals surface area contributed by atoms with E-state index in [0.717, 1.165) is 5.39 Å². The quantitative estimate of drug-likeness (QED) is 0.472. The van der Waals surface area contributed by atoms with Gasteiger partial charge in [0.2, 0.25) is 6.41 Å². The summed E-state index contributed by atoms with van der Waals surface area (Å²) in [5, 5.41) is 10.4. The van der Waals surface area contributed by atoms with Crippen LogP contribution in [0.15, 0.2) is 24.8 Å². The summed E-state index contributed by atoms with van der Waals surface area (Å²) in [6.07, 6.45) is 11.8. The first-order valence-corrected chi connectivity index (χ1v) is 10.3. The molecule has 0 bridgehead atoms. The summed E-state index contributed by atoms with van der Waals surface area (Å²) in [5.74, 6) is 0.143. The third kappa shape index (κ3) is 4.00. The van der Waals surface area contributed by atoms with Crippen LogP contribution < -0.4 is 5.32 Å². The topological polar surface area (TPSA) is 91.2 Å². The predicted octanol–water partition coefficient (Wildman–Crippen LogP) is 4.08. The van der Waals surface area contributed by atoms with Crippen molar-refractivity contribution in [2.24, 2.45) is 0 Å². The predicted molar refractivity (Wildman–Crippen MR) is 118 cm³/mol. The fourth-order valence-corrected chi connectivity index (χ4v) is 3.44. The minimum Gasteiger partial charge on any atom is -0.312 e. The Morgan fingerprint density at radius 3 is 2.65 bits per heavy atom. The Bertz CT molecular complexity index is 1240. The average Bonchev–Trinajstić information content (AvgIpc) is 3.46. The molecular weight excluding hydrogens is 397 g/mol. The lowest BCUT2D eigenvalue weighted by atomic mass is 9.93. The molecule has 5 rings (SSSR count). The first-order chi connectivity index (χ1) is 14.9. The normalized spacial score (nSPS) is 13.9. The van der Waals surface area contributed by atoms with Crippen LogP contribution in [0.25, 0.3) is 27.8 Å². The van der Waals surface area contributed by atoms with E-state index in [2.05, 4.69) is 25.5 Å². The molecule has 2 N–H and O–H groups in total. The Morgan fingerprint density at radius 2 is 2.00 bits per heavy atom. The number of H-pyrrole nitrogens is 1. The second-order valence-electron chi connectivity index (χ2n) is 8.01. The van der Waals surface area contributed by atoms with Gasteiger partial charge in [0.15, 0.2) is 11.5 Å². The fourth-order valence-electron chi connectivity index (χ4n) is 3.44. The average molecular weight is 423 g/mol. The monoisotopic (exact) mass is 423 g/mol. The summed E-state index contributed by atoms with van der Waals surface area (Å²) in [4.78, 5) is 21.3. The van der Waals surface area contributed by atoms with Gasteiger partial charge in [-0.25, -0.2) is 9.37 Å². The van der Waals surface area contributed by atoms with Crippen LogP contribution in [0.2, 0.25) is 0 Å². The van der Waals surface area contributed by atoms with E-state index in [4.69, 9.17) is 0 Å². The highest BCUT2D eigenvalue weighted by molar-refractivity contribution is 5.97. The lowest BCUT2D eigenvalue weighted by molar-refractivity contribution is -0.105. The number of imidazole rings is 1. The number of nitrogens with one attached hydrogen (secondary N) is 2. The summed E-state index contributed by atoms with van der Waals surface area (Å²) in [6.45, 7) is 3.71. The molecule has 162 valence electrons. The molecule has 9 heteroatoms. The van der Waals surface area contributed by atoms with E-state index in [-0.39, 0.29) is 11.9 Å². The standard InChI is InChI=1S/C19H20FN7O.C3H6/c1-10-16(13-7-27-8-14(22-9-28)24-15(27)6-21-13)12-5-23-25-19(12)17(18(10)20)11(2)26(3)4;1-2-3-1/h5-9,11H,1-4H3,(H,22,28)(H,23,25);1-3H2. The molecule has 3 heterocycles. The number of aromatic nitrogens is 5.